The van der Waals surface area contributed by atoms with Gasteiger partial charge in [0.25, 0.3) is 0 Å². The summed E-state index contributed by atoms with van der Waals surface area (Å²) in [5, 5.41) is 13.8. The van der Waals surface area contributed by atoms with Gasteiger partial charge in [-0.25, -0.2) is 9.59 Å². The normalized spacial score (nSPS) is 12.7. The predicted octanol–water partition coefficient (Wildman–Crippen LogP) is 4.81. The average molecular weight is 476 g/mol. The zero-order chi connectivity index (χ0) is 25.5. The van der Waals surface area contributed by atoms with Gasteiger partial charge in [-0.2, -0.15) is 0 Å². The summed E-state index contributed by atoms with van der Waals surface area (Å²) in [5.41, 5.74) is 3.70. The quantitative estimate of drug-likeness (QED) is 0.387. The van der Waals surface area contributed by atoms with Crippen LogP contribution >= 0.6 is 0 Å². The second kappa shape index (κ2) is 9.06. The molecule has 2 aromatic heterocycles. The van der Waals surface area contributed by atoms with Crippen molar-refractivity contribution in [1.82, 2.24) is 5.32 Å². The van der Waals surface area contributed by atoms with Crippen LogP contribution in [0.2, 0.25) is 0 Å². The first-order chi connectivity index (χ1) is 16.5. The number of benzene rings is 2. The summed E-state index contributed by atoms with van der Waals surface area (Å²) in [6.07, 6.45) is 1.59. The monoisotopic (exact) mass is 475 g/mol. The first kappa shape index (κ1) is 24.3. The second-order valence-corrected chi connectivity index (χ2v) is 9.97. The summed E-state index contributed by atoms with van der Waals surface area (Å²) in [6, 6.07) is 9.89. The molecule has 35 heavy (non-hydrogen) atoms. The number of rotatable bonds is 6. The molecular weight excluding hydrogens is 446 g/mol. The topological polar surface area (TPSA) is 110 Å². The number of aryl methyl sites for hydroxylation is 2. The summed E-state index contributed by atoms with van der Waals surface area (Å²) in [6.45, 7) is 9.91. The summed E-state index contributed by atoms with van der Waals surface area (Å²) >= 11 is 0. The molecule has 1 amide bonds. The van der Waals surface area contributed by atoms with Crippen LogP contribution in [0, 0.1) is 13.8 Å². The standard InChI is InChI=1S/C28H29NO6/c1-15-18-12-20-21(28(3,4)5)14-34-24(20)16(2)25(18)35-27(33)19(15)13-23(30)29-22(26(31)32)11-17-9-7-6-8-10-17/h6-10,12,14,22H,11,13H2,1-5H3,(H,29,30)(H,31,32)/t22-/m0/s1. The Labute approximate surface area is 202 Å². The van der Waals surface area contributed by atoms with Crippen molar-refractivity contribution in [2.75, 3.05) is 0 Å². The Balaban J connectivity index is 1.69. The number of hydrogen-bond donors (Lipinski definition) is 2. The van der Waals surface area contributed by atoms with Crippen molar-refractivity contribution in [3.05, 3.63) is 80.9 Å². The molecule has 2 N–H and O–H groups in total. The van der Waals surface area contributed by atoms with Gasteiger partial charge in [-0.15, -0.1) is 0 Å². The predicted molar refractivity (Wildman–Crippen MR) is 134 cm³/mol. The van der Waals surface area contributed by atoms with E-state index < -0.39 is 23.5 Å². The number of nitrogens with one attached hydrogen (secondary N) is 1. The lowest BCUT2D eigenvalue weighted by Crippen LogP contribution is -2.43. The molecule has 0 saturated heterocycles. The van der Waals surface area contributed by atoms with Crippen LogP contribution in [0.25, 0.3) is 21.9 Å². The molecule has 0 aliphatic rings. The highest BCUT2D eigenvalue weighted by atomic mass is 16.4. The minimum atomic E-state index is -1.14. The largest absolute Gasteiger partial charge is 0.480 e. The maximum Gasteiger partial charge on any atom is 0.340 e. The van der Waals surface area contributed by atoms with E-state index in [0.717, 1.165) is 27.5 Å². The van der Waals surface area contributed by atoms with E-state index in [1.54, 1.807) is 25.3 Å². The molecule has 182 valence electrons. The zero-order valence-corrected chi connectivity index (χ0v) is 20.5. The molecule has 7 heteroatoms. The van der Waals surface area contributed by atoms with Crippen LogP contribution in [0.4, 0.5) is 0 Å². The lowest BCUT2D eigenvalue weighted by Gasteiger charge is -2.17. The van der Waals surface area contributed by atoms with E-state index in [1.807, 2.05) is 31.2 Å². The fourth-order valence-electron chi connectivity index (χ4n) is 4.44. The highest BCUT2D eigenvalue weighted by Crippen LogP contribution is 2.37. The molecule has 2 heterocycles. The minimum Gasteiger partial charge on any atom is -0.480 e. The summed E-state index contributed by atoms with van der Waals surface area (Å²) in [4.78, 5) is 37.4. The summed E-state index contributed by atoms with van der Waals surface area (Å²) in [7, 11) is 0. The molecule has 0 saturated carbocycles. The molecule has 4 rings (SSSR count). The van der Waals surface area contributed by atoms with Gasteiger partial charge in [-0.1, -0.05) is 51.1 Å². The van der Waals surface area contributed by atoms with Gasteiger partial charge in [0.1, 0.15) is 17.2 Å². The Morgan fingerprint density at radius 3 is 2.34 bits per heavy atom. The van der Waals surface area contributed by atoms with Crippen molar-refractivity contribution in [2.24, 2.45) is 0 Å². The SMILES string of the molecule is Cc1c(CC(=O)N[C@@H](Cc2ccccc2)C(=O)O)c(=O)oc2c(C)c3occ(C(C)(C)C)c3cc12. The van der Waals surface area contributed by atoms with Crippen LogP contribution in [0.5, 0.6) is 0 Å². The number of aliphatic carboxylic acids is 1. The number of hydrogen-bond acceptors (Lipinski definition) is 5. The number of amides is 1. The van der Waals surface area contributed by atoms with E-state index in [2.05, 4.69) is 26.1 Å². The Morgan fingerprint density at radius 2 is 1.71 bits per heavy atom. The molecule has 0 aliphatic carbocycles. The molecule has 0 aliphatic heterocycles. The van der Waals surface area contributed by atoms with E-state index in [0.29, 0.717) is 16.7 Å². The van der Waals surface area contributed by atoms with E-state index in [9.17, 15) is 19.5 Å². The van der Waals surface area contributed by atoms with Gasteiger partial charge in [0.15, 0.2) is 0 Å². The third-order valence-corrected chi connectivity index (χ3v) is 6.40. The molecular formula is C28H29NO6. The van der Waals surface area contributed by atoms with Crippen LogP contribution in [0.1, 0.15) is 48.6 Å². The van der Waals surface area contributed by atoms with E-state index >= 15 is 0 Å². The molecule has 1 atom stereocenters. The smallest absolute Gasteiger partial charge is 0.340 e. The van der Waals surface area contributed by atoms with Gasteiger partial charge in [0.05, 0.1) is 18.2 Å². The molecule has 2 aromatic carbocycles. The summed E-state index contributed by atoms with van der Waals surface area (Å²) < 4.78 is 11.5. The zero-order valence-electron chi connectivity index (χ0n) is 20.5. The van der Waals surface area contributed by atoms with Crippen LogP contribution in [0.3, 0.4) is 0 Å². The molecule has 0 spiro atoms. The average Bonchev–Trinajstić information content (AvgIpc) is 3.23. The van der Waals surface area contributed by atoms with Crippen molar-refractivity contribution in [2.45, 2.75) is 58.9 Å². The highest BCUT2D eigenvalue weighted by molar-refractivity contribution is 6.00. The van der Waals surface area contributed by atoms with Gasteiger partial charge in [0, 0.05) is 28.3 Å². The number of carbonyl (C=O) groups is 2. The molecule has 0 bridgehead atoms. The van der Waals surface area contributed by atoms with Gasteiger partial charge in [0.2, 0.25) is 5.91 Å². The molecule has 0 radical (unpaired) electrons. The van der Waals surface area contributed by atoms with Gasteiger partial charge >= 0.3 is 11.6 Å². The van der Waals surface area contributed by atoms with Gasteiger partial charge in [-0.05, 0) is 36.5 Å². The first-order valence-electron chi connectivity index (χ1n) is 11.5. The number of furan rings is 1. The van der Waals surface area contributed by atoms with Crippen molar-refractivity contribution < 1.29 is 23.5 Å². The van der Waals surface area contributed by atoms with E-state index in [-0.39, 0.29) is 23.8 Å². The van der Waals surface area contributed by atoms with Crippen molar-refractivity contribution in [3.8, 4) is 0 Å². The van der Waals surface area contributed by atoms with Crippen LogP contribution in [0.15, 0.2) is 56.3 Å². The second-order valence-electron chi connectivity index (χ2n) is 9.97. The van der Waals surface area contributed by atoms with Crippen molar-refractivity contribution >= 4 is 33.8 Å². The maximum absolute atomic E-state index is 12.9. The molecule has 0 fully saturated rings. The van der Waals surface area contributed by atoms with Gasteiger partial charge < -0.3 is 19.3 Å². The minimum absolute atomic E-state index is 0.139. The van der Waals surface area contributed by atoms with E-state index in [1.165, 1.54) is 0 Å². The third-order valence-electron chi connectivity index (χ3n) is 6.40. The van der Waals surface area contributed by atoms with Gasteiger partial charge in [-0.3, -0.25) is 4.79 Å². The Kier molecular flexibility index (Phi) is 6.28. The molecule has 0 unspecified atom stereocenters. The number of carboxylic acid groups (broad SMARTS) is 1. The fraction of sp³-hybridized carbons (Fsp3) is 0.321. The number of carbonyl (C=O) groups excluding carboxylic acids is 1. The highest BCUT2D eigenvalue weighted by Gasteiger charge is 2.25. The third kappa shape index (κ3) is 4.71. The number of fused-ring (bicyclic) bond motifs is 2. The number of carboxylic acids is 1. The Hall–Kier alpha value is -3.87. The van der Waals surface area contributed by atoms with Crippen LogP contribution in [-0.4, -0.2) is 23.0 Å². The lowest BCUT2D eigenvalue weighted by atomic mass is 9.86. The van der Waals surface area contributed by atoms with Crippen molar-refractivity contribution in [3.63, 3.8) is 0 Å². The molecule has 4 aromatic rings. The fourth-order valence-corrected chi connectivity index (χ4v) is 4.44. The van der Waals surface area contributed by atoms with Crippen LogP contribution in [-0.2, 0) is 27.8 Å². The summed E-state index contributed by atoms with van der Waals surface area (Å²) in [5.74, 6) is -1.70. The van der Waals surface area contributed by atoms with Crippen molar-refractivity contribution in [1.29, 1.82) is 0 Å². The lowest BCUT2D eigenvalue weighted by molar-refractivity contribution is -0.141. The Bertz CT molecular complexity index is 1490. The maximum atomic E-state index is 12.9. The first-order valence-corrected chi connectivity index (χ1v) is 11.5. The molecule has 7 nitrogen and oxygen atoms in total. The Morgan fingerprint density at radius 1 is 1.03 bits per heavy atom. The van der Waals surface area contributed by atoms with Crippen LogP contribution < -0.4 is 10.9 Å². The van der Waals surface area contributed by atoms with E-state index in [4.69, 9.17) is 8.83 Å².